The lowest BCUT2D eigenvalue weighted by molar-refractivity contribution is -0.141. The molecule has 0 aliphatic carbocycles. The van der Waals surface area contributed by atoms with E-state index in [9.17, 15) is 26.7 Å². The molecule has 2 atom stereocenters. The zero-order valence-corrected chi connectivity index (χ0v) is 19.9. The van der Waals surface area contributed by atoms with Crippen molar-refractivity contribution in [3.63, 3.8) is 0 Å². The molecule has 3 aromatic rings. The van der Waals surface area contributed by atoms with Crippen molar-refractivity contribution >= 4 is 11.7 Å². The molecule has 1 saturated heterocycles. The lowest BCUT2D eigenvalue weighted by Gasteiger charge is -2.43. The number of alkyl halides is 5. The topological polar surface area (TPSA) is 75.9 Å². The van der Waals surface area contributed by atoms with E-state index in [1.165, 1.54) is 4.68 Å². The Hall–Kier alpha value is -3.57. The number of aromatic nitrogens is 4. The molecule has 1 aliphatic heterocycles. The van der Waals surface area contributed by atoms with Crippen LogP contribution in [0.5, 0.6) is 0 Å². The number of anilines is 1. The number of piperidine rings is 1. The van der Waals surface area contributed by atoms with Crippen LogP contribution in [0.2, 0.25) is 0 Å². The maximum Gasteiger partial charge on any atom is 0.434 e. The Labute approximate surface area is 204 Å². The Balaban J connectivity index is 1.61. The van der Waals surface area contributed by atoms with E-state index in [1.54, 1.807) is 20.2 Å². The number of carbonyl (C=O) groups excluding carboxylic acids is 1. The Morgan fingerprint density at radius 3 is 2.61 bits per heavy atom. The van der Waals surface area contributed by atoms with Crippen molar-refractivity contribution in [3.8, 4) is 11.1 Å². The molecule has 0 spiro atoms. The van der Waals surface area contributed by atoms with Crippen molar-refractivity contribution in [1.82, 2.24) is 24.6 Å². The van der Waals surface area contributed by atoms with Gasteiger partial charge in [-0.25, -0.2) is 18.7 Å². The average molecular weight is 508 g/mol. The fraction of sp³-hybridized carbons (Fsp3) is 0.417. The van der Waals surface area contributed by atoms with Gasteiger partial charge >= 0.3 is 6.18 Å². The minimum absolute atomic E-state index is 0.00432. The second kappa shape index (κ2) is 9.47. The summed E-state index contributed by atoms with van der Waals surface area (Å²) in [6.07, 6.45) is -1.89. The number of benzene rings is 1. The summed E-state index contributed by atoms with van der Waals surface area (Å²) in [6.45, 7) is 2.71. The van der Waals surface area contributed by atoms with E-state index >= 15 is 0 Å². The largest absolute Gasteiger partial charge is 0.434 e. The highest BCUT2D eigenvalue weighted by atomic mass is 19.4. The number of hydrogen-bond acceptors (Lipinski definition) is 5. The molecule has 7 nitrogen and oxygen atoms in total. The monoisotopic (exact) mass is 508 g/mol. The third-order valence-electron chi connectivity index (χ3n) is 6.14. The van der Waals surface area contributed by atoms with Gasteiger partial charge in [0.15, 0.2) is 11.4 Å². The van der Waals surface area contributed by atoms with Crippen molar-refractivity contribution < 1.29 is 26.7 Å². The molecule has 3 heterocycles. The van der Waals surface area contributed by atoms with Gasteiger partial charge in [-0.1, -0.05) is 36.8 Å². The maximum absolute atomic E-state index is 14.6. The Bertz CT molecular complexity index is 1240. The van der Waals surface area contributed by atoms with Crippen molar-refractivity contribution in [1.29, 1.82) is 0 Å². The zero-order valence-electron chi connectivity index (χ0n) is 19.9. The van der Waals surface area contributed by atoms with Crippen molar-refractivity contribution in [2.24, 2.45) is 13.0 Å². The first-order valence-electron chi connectivity index (χ1n) is 11.3. The number of halogens is 5. The van der Waals surface area contributed by atoms with E-state index in [0.29, 0.717) is 11.8 Å². The lowest BCUT2D eigenvalue weighted by atomic mass is 9.88. The first kappa shape index (κ1) is 25.5. The summed E-state index contributed by atoms with van der Waals surface area (Å²) in [6, 6.07) is 6.75. The van der Waals surface area contributed by atoms with E-state index in [1.807, 2.05) is 31.2 Å². The fourth-order valence-electron chi connectivity index (χ4n) is 4.46. The first-order valence-corrected chi connectivity index (χ1v) is 11.3. The van der Waals surface area contributed by atoms with Crippen LogP contribution in [0.3, 0.4) is 0 Å². The van der Waals surface area contributed by atoms with Crippen LogP contribution in [0.15, 0.2) is 42.9 Å². The van der Waals surface area contributed by atoms with Crippen LogP contribution in [-0.2, 0) is 13.2 Å². The number of amides is 1. The number of carbonyl (C=O) groups is 1. The van der Waals surface area contributed by atoms with Crippen LogP contribution in [0.25, 0.3) is 11.1 Å². The predicted molar refractivity (Wildman–Crippen MR) is 122 cm³/mol. The van der Waals surface area contributed by atoms with Gasteiger partial charge in [-0.2, -0.15) is 18.3 Å². The molecule has 0 bridgehead atoms. The Morgan fingerprint density at radius 2 is 1.97 bits per heavy atom. The van der Waals surface area contributed by atoms with Crippen LogP contribution >= 0.6 is 0 Å². The summed E-state index contributed by atoms with van der Waals surface area (Å²) >= 11 is 0. The molecule has 1 N–H and O–H groups in total. The molecule has 0 saturated carbocycles. The van der Waals surface area contributed by atoms with Crippen LogP contribution in [0, 0.1) is 12.8 Å². The van der Waals surface area contributed by atoms with Crippen LogP contribution in [-0.4, -0.2) is 55.6 Å². The van der Waals surface area contributed by atoms with Crippen LogP contribution < -0.4 is 5.32 Å². The molecular formula is C24H25F5N6O. The van der Waals surface area contributed by atoms with Crippen LogP contribution in [0.4, 0.5) is 27.8 Å². The molecule has 192 valence electrons. The van der Waals surface area contributed by atoms with Crippen molar-refractivity contribution in [2.75, 3.05) is 18.4 Å². The molecule has 12 heteroatoms. The molecule has 1 fully saturated rings. The molecule has 1 amide bonds. The number of rotatable bonds is 5. The molecule has 1 aliphatic rings. The number of likely N-dealkylation sites (tertiary alicyclic amines) is 1. The third kappa shape index (κ3) is 5.47. The van der Waals surface area contributed by atoms with Gasteiger partial charge < -0.3 is 10.2 Å². The highest BCUT2D eigenvalue weighted by Crippen LogP contribution is 2.36. The highest BCUT2D eigenvalue weighted by molar-refractivity contribution is 5.99. The van der Waals surface area contributed by atoms with E-state index in [-0.39, 0.29) is 18.1 Å². The first-order chi connectivity index (χ1) is 16.8. The quantitative estimate of drug-likeness (QED) is 0.501. The second-order valence-corrected chi connectivity index (χ2v) is 9.14. The summed E-state index contributed by atoms with van der Waals surface area (Å²) in [5, 5.41) is 7.12. The predicted octanol–water partition coefficient (Wildman–Crippen LogP) is 4.80. The van der Waals surface area contributed by atoms with Crippen molar-refractivity contribution in [3.05, 3.63) is 59.8 Å². The van der Waals surface area contributed by atoms with Gasteiger partial charge in [0.05, 0.1) is 25.0 Å². The molecule has 0 radical (unpaired) electrons. The van der Waals surface area contributed by atoms with Crippen molar-refractivity contribution in [2.45, 2.75) is 38.4 Å². The van der Waals surface area contributed by atoms with Gasteiger partial charge in [0.1, 0.15) is 5.82 Å². The standard InChI is InChI=1S/C24H25F5N6O/c1-14-5-4-6-16(7-14)17-12-34(3)33-21(17)22(36)35-13-23(25,26)8-15(2)18(35)9-31-20-11-30-19(10-32-20)24(27,28)29/h4-7,10-12,15,18H,8-9,13H2,1-3H3,(H,31,32)/t15-,18?/m1/s1. The maximum atomic E-state index is 14.6. The summed E-state index contributed by atoms with van der Waals surface area (Å²) in [5.74, 6) is -4.32. The molecule has 4 rings (SSSR count). The summed E-state index contributed by atoms with van der Waals surface area (Å²) < 4.78 is 68.9. The van der Waals surface area contributed by atoms with Gasteiger partial charge in [-0.05, 0) is 18.4 Å². The number of hydrogen-bond donors (Lipinski definition) is 1. The number of nitrogens with zero attached hydrogens (tertiary/aromatic N) is 5. The van der Waals surface area contributed by atoms with Gasteiger partial charge in [0, 0.05) is 31.8 Å². The second-order valence-electron chi connectivity index (χ2n) is 9.14. The third-order valence-corrected chi connectivity index (χ3v) is 6.14. The summed E-state index contributed by atoms with van der Waals surface area (Å²) in [4.78, 5) is 21.8. The minimum Gasteiger partial charge on any atom is -0.367 e. The highest BCUT2D eigenvalue weighted by Gasteiger charge is 2.47. The summed E-state index contributed by atoms with van der Waals surface area (Å²) in [7, 11) is 1.64. The van der Waals surface area contributed by atoms with E-state index in [4.69, 9.17) is 0 Å². The van der Waals surface area contributed by atoms with E-state index in [2.05, 4.69) is 20.4 Å². The van der Waals surface area contributed by atoms with Gasteiger partial charge in [-0.15, -0.1) is 0 Å². The normalized spacial score (nSPS) is 19.8. The molecule has 1 aromatic carbocycles. The lowest BCUT2D eigenvalue weighted by Crippen LogP contribution is -2.57. The van der Waals surface area contributed by atoms with E-state index in [0.717, 1.165) is 22.2 Å². The molecule has 36 heavy (non-hydrogen) atoms. The minimum atomic E-state index is -4.63. The zero-order chi connectivity index (χ0) is 26.3. The fourth-order valence-corrected chi connectivity index (χ4v) is 4.46. The smallest absolute Gasteiger partial charge is 0.367 e. The van der Waals surface area contributed by atoms with Gasteiger partial charge in [0.2, 0.25) is 0 Å². The molecular weight excluding hydrogens is 483 g/mol. The molecule has 2 aromatic heterocycles. The van der Waals surface area contributed by atoms with Gasteiger partial charge in [0.25, 0.3) is 11.8 Å². The Morgan fingerprint density at radius 1 is 1.22 bits per heavy atom. The molecule has 1 unspecified atom stereocenters. The number of aryl methyl sites for hydroxylation is 2. The Kier molecular flexibility index (Phi) is 6.72. The summed E-state index contributed by atoms with van der Waals surface area (Å²) in [5.41, 5.74) is 1.13. The SMILES string of the molecule is Cc1cccc(-c2cn(C)nc2C(=O)N2CC(F)(F)C[C@@H](C)C2CNc2cnc(C(F)(F)F)cn2)c1. The number of nitrogens with one attached hydrogen (secondary N) is 1. The van der Waals surface area contributed by atoms with Gasteiger partial charge in [-0.3, -0.25) is 9.48 Å². The van der Waals surface area contributed by atoms with Crippen LogP contribution in [0.1, 0.15) is 35.1 Å². The average Bonchev–Trinajstić information content (AvgIpc) is 3.18. The van der Waals surface area contributed by atoms with E-state index < -0.39 is 48.6 Å².